The molecule has 1 aliphatic carbocycles. The minimum atomic E-state index is 0.685. The molecule has 0 spiro atoms. The van der Waals surface area contributed by atoms with E-state index in [9.17, 15) is 0 Å². The summed E-state index contributed by atoms with van der Waals surface area (Å²) >= 11 is 0. The summed E-state index contributed by atoms with van der Waals surface area (Å²) in [6, 6.07) is 2.67. The van der Waals surface area contributed by atoms with E-state index in [1.807, 2.05) is 19.9 Å². The molecule has 0 aromatic carbocycles. The van der Waals surface area contributed by atoms with Gasteiger partial charge >= 0.3 is 6.01 Å². The minimum absolute atomic E-state index is 0.685. The van der Waals surface area contributed by atoms with Crippen molar-refractivity contribution in [2.45, 2.75) is 46.0 Å². The highest BCUT2D eigenvalue weighted by molar-refractivity contribution is 5.36. The van der Waals surface area contributed by atoms with Crippen LogP contribution in [0.2, 0.25) is 0 Å². The van der Waals surface area contributed by atoms with Crippen LogP contribution < -0.4 is 9.64 Å². The smallest absolute Gasteiger partial charge is 0.324 e. The average Bonchev–Trinajstić information content (AvgIpc) is 3.19. The SMILES string of the molecule is CCc1noc(N2CCC([C@H]3C[C@H]3CCOc3ncc(-n4cnnn4)cc3C)CC2)n1. The second-order valence-electron chi connectivity index (χ2n) is 8.54. The predicted molar refractivity (Wildman–Crippen MR) is 112 cm³/mol. The third-order valence-corrected chi connectivity index (χ3v) is 6.52. The number of tetrazole rings is 1. The number of ether oxygens (including phenoxy) is 1. The Bertz CT molecular complexity index is 997. The van der Waals surface area contributed by atoms with Gasteiger partial charge in [0.25, 0.3) is 0 Å². The zero-order valence-electron chi connectivity index (χ0n) is 18.0. The fourth-order valence-electron chi connectivity index (χ4n) is 4.63. The highest BCUT2D eigenvalue weighted by Crippen LogP contribution is 2.49. The standard InChI is InChI=1S/C21H28N8O2/c1-3-19-24-21(31-25-19)28-7-4-15(5-8-28)18-11-16(18)6-9-30-20-14(2)10-17(12-22-20)29-13-23-26-27-29/h10,12-13,15-16,18H,3-9,11H2,1-2H3/t16-,18-/m1/s1. The van der Waals surface area contributed by atoms with Crippen molar-refractivity contribution in [1.29, 1.82) is 0 Å². The molecule has 1 saturated carbocycles. The molecule has 2 fully saturated rings. The number of hydrogen-bond donors (Lipinski definition) is 0. The normalized spacial score (nSPS) is 21.4. The van der Waals surface area contributed by atoms with Gasteiger partial charge in [-0.2, -0.15) is 9.67 Å². The van der Waals surface area contributed by atoms with Crippen LogP contribution in [-0.2, 0) is 6.42 Å². The Morgan fingerprint density at radius 1 is 1.26 bits per heavy atom. The van der Waals surface area contributed by atoms with Crippen LogP contribution in [-0.4, -0.2) is 55.0 Å². The van der Waals surface area contributed by atoms with Gasteiger partial charge in [0.05, 0.1) is 18.5 Å². The van der Waals surface area contributed by atoms with E-state index < -0.39 is 0 Å². The van der Waals surface area contributed by atoms with Crippen molar-refractivity contribution >= 4 is 6.01 Å². The molecule has 10 nitrogen and oxygen atoms in total. The number of rotatable bonds is 8. The van der Waals surface area contributed by atoms with Crippen LogP contribution in [0.25, 0.3) is 5.69 Å². The first-order chi connectivity index (χ1) is 15.2. The van der Waals surface area contributed by atoms with E-state index in [4.69, 9.17) is 9.26 Å². The third kappa shape index (κ3) is 4.38. The van der Waals surface area contributed by atoms with Crippen LogP contribution in [0.5, 0.6) is 5.88 Å². The van der Waals surface area contributed by atoms with E-state index >= 15 is 0 Å². The fraction of sp³-hybridized carbons (Fsp3) is 0.619. The molecular formula is C21H28N8O2. The van der Waals surface area contributed by atoms with E-state index in [0.717, 1.165) is 60.8 Å². The molecule has 10 heteroatoms. The zero-order chi connectivity index (χ0) is 21.2. The van der Waals surface area contributed by atoms with Crippen molar-refractivity contribution in [1.82, 2.24) is 35.3 Å². The van der Waals surface area contributed by atoms with Gasteiger partial charge in [0, 0.05) is 25.1 Å². The van der Waals surface area contributed by atoms with Gasteiger partial charge in [0.1, 0.15) is 6.33 Å². The first-order valence-corrected chi connectivity index (χ1v) is 11.1. The van der Waals surface area contributed by atoms with Crippen molar-refractivity contribution in [2.75, 3.05) is 24.6 Å². The highest BCUT2D eigenvalue weighted by atomic mass is 16.5. The van der Waals surface area contributed by atoms with Crippen molar-refractivity contribution in [3.8, 4) is 11.6 Å². The minimum Gasteiger partial charge on any atom is -0.477 e. The summed E-state index contributed by atoms with van der Waals surface area (Å²) in [5, 5.41) is 15.2. The van der Waals surface area contributed by atoms with Gasteiger partial charge in [-0.3, -0.25) is 0 Å². The molecule has 1 saturated heterocycles. The molecule has 4 heterocycles. The molecule has 0 amide bonds. The van der Waals surface area contributed by atoms with Crippen LogP contribution in [0, 0.1) is 24.7 Å². The van der Waals surface area contributed by atoms with Crippen molar-refractivity contribution in [3.05, 3.63) is 30.0 Å². The number of aromatic nitrogens is 7. The van der Waals surface area contributed by atoms with E-state index in [1.54, 1.807) is 17.2 Å². The lowest BCUT2D eigenvalue weighted by Gasteiger charge is -2.30. The van der Waals surface area contributed by atoms with Gasteiger partial charge in [-0.1, -0.05) is 12.1 Å². The molecule has 1 aliphatic heterocycles. The second-order valence-corrected chi connectivity index (χ2v) is 8.54. The summed E-state index contributed by atoms with van der Waals surface area (Å²) < 4.78 is 13.0. The Morgan fingerprint density at radius 3 is 2.84 bits per heavy atom. The number of pyridine rings is 1. The number of aryl methyl sites for hydroxylation is 2. The lowest BCUT2D eigenvalue weighted by atomic mass is 9.91. The van der Waals surface area contributed by atoms with Crippen LogP contribution in [0.4, 0.5) is 6.01 Å². The molecule has 3 aromatic rings. The Hall–Kier alpha value is -3.04. The summed E-state index contributed by atoms with van der Waals surface area (Å²) in [6.07, 6.45) is 8.91. The van der Waals surface area contributed by atoms with Gasteiger partial charge in [-0.15, -0.1) is 5.10 Å². The number of anilines is 1. The molecular weight excluding hydrogens is 396 g/mol. The molecule has 3 aromatic heterocycles. The first kappa shape index (κ1) is 19.9. The van der Waals surface area contributed by atoms with Gasteiger partial charge in [-0.05, 0) is 66.9 Å². The molecule has 31 heavy (non-hydrogen) atoms. The summed E-state index contributed by atoms with van der Waals surface area (Å²) in [6.45, 7) is 6.76. The van der Waals surface area contributed by atoms with Crippen molar-refractivity contribution in [2.24, 2.45) is 17.8 Å². The molecule has 0 unspecified atom stereocenters. The summed E-state index contributed by atoms with van der Waals surface area (Å²) in [5.41, 5.74) is 1.81. The summed E-state index contributed by atoms with van der Waals surface area (Å²) in [7, 11) is 0. The van der Waals surface area contributed by atoms with E-state index in [1.165, 1.54) is 19.3 Å². The van der Waals surface area contributed by atoms with Crippen LogP contribution in [0.3, 0.4) is 0 Å². The fourth-order valence-corrected chi connectivity index (χ4v) is 4.63. The number of hydrogen-bond acceptors (Lipinski definition) is 9. The average molecular weight is 425 g/mol. The Morgan fingerprint density at radius 2 is 2.13 bits per heavy atom. The van der Waals surface area contributed by atoms with Crippen LogP contribution in [0.1, 0.15) is 44.0 Å². The molecule has 0 bridgehead atoms. The second kappa shape index (κ2) is 8.60. The summed E-state index contributed by atoms with van der Waals surface area (Å²) in [5.74, 6) is 3.87. The molecule has 0 N–H and O–H groups in total. The predicted octanol–water partition coefficient (Wildman–Crippen LogP) is 2.63. The van der Waals surface area contributed by atoms with Crippen molar-refractivity contribution in [3.63, 3.8) is 0 Å². The first-order valence-electron chi connectivity index (χ1n) is 11.1. The number of piperidine rings is 1. The third-order valence-electron chi connectivity index (χ3n) is 6.52. The van der Waals surface area contributed by atoms with Gasteiger partial charge in [0.2, 0.25) is 5.88 Å². The lowest BCUT2D eigenvalue weighted by Crippen LogP contribution is -2.34. The maximum absolute atomic E-state index is 5.98. The maximum Gasteiger partial charge on any atom is 0.324 e. The van der Waals surface area contributed by atoms with Gasteiger partial charge in [-0.25, -0.2) is 4.98 Å². The number of nitrogens with zero attached hydrogens (tertiary/aromatic N) is 8. The molecule has 2 atom stereocenters. The van der Waals surface area contributed by atoms with Crippen molar-refractivity contribution < 1.29 is 9.26 Å². The highest BCUT2D eigenvalue weighted by Gasteiger charge is 2.43. The zero-order valence-corrected chi connectivity index (χ0v) is 18.0. The van der Waals surface area contributed by atoms with Crippen LogP contribution >= 0.6 is 0 Å². The van der Waals surface area contributed by atoms with Gasteiger partial charge in [0.15, 0.2) is 5.82 Å². The Labute approximate surface area is 181 Å². The largest absolute Gasteiger partial charge is 0.477 e. The summed E-state index contributed by atoms with van der Waals surface area (Å²) in [4.78, 5) is 11.1. The van der Waals surface area contributed by atoms with E-state index in [2.05, 4.69) is 35.5 Å². The lowest BCUT2D eigenvalue weighted by molar-refractivity contribution is 0.273. The molecule has 2 aliphatic rings. The van der Waals surface area contributed by atoms with E-state index in [-0.39, 0.29) is 0 Å². The molecule has 0 radical (unpaired) electrons. The van der Waals surface area contributed by atoms with Crippen LogP contribution in [0.15, 0.2) is 23.1 Å². The Balaban J connectivity index is 1.05. The monoisotopic (exact) mass is 424 g/mol. The molecule has 164 valence electrons. The maximum atomic E-state index is 5.98. The van der Waals surface area contributed by atoms with E-state index in [0.29, 0.717) is 18.5 Å². The quantitative estimate of drug-likeness (QED) is 0.539. The topological polar surface area (TPSA) is 108 Å². The van der Waals surface area contributed by atoms with Gasteiger partial charge < -0.3 is 14.2 Å². The Kier molecular flexibility index (Phi) is 5.52. The molecule has 5 rings (SSSR count).